The second kappa shape index (κ2) is 8.33. The van der Waals surface area contributed by atoms with Gasteiger partial charge in [0.05, 0.1) is 13.5 Å². The first-order valence-electron chi connectivity index (χ1n) is 8.62. The zero-order valence-corrected chi connectivity index (χ0v) is 14.8. The largest absolute Gasteiger partial charge is 0.493 e. The van der Waals surface area contributed by atoms with Crippen LogP contribution in [0.4, 0.5) is 13.2 Å². The fourth-order valence-corrected chi connectivity index (χ4v) is 2.89. The van der Waals surface area contributed by atoms with Gasteiger partial charge in [0.25, 0.3) is 0 Å². The Kier molecular flexibility index (Phi) is 5.88. The van der Waals surface area contributed by atoms with E-state index < -0.39 is 6.61 Å². The highest BCUT2D eigenvalue weighted by Gasteiger charge is 2.32. The van der Waals surface area contributed by atoms with Gasteiger partial charge in [-0.3, -0.25) is 4.79 Å². The predicted octanol–water partition coefficient (Wildman–Crippen LogP) is 4.17. The highest BCUT2D eigenvalue weighted by molar-refractivity contribution is 5.79. The summed E-state index contributed by atoms with van der Waals surface area (Å²) in [5, 5.41) is 0. The van der Waals surface area contributed by atoms with E-state index in [1.165, 1.54) is 25.3 Å². The van der Waals surface area contributed by atoms with Crippen LogP contribution in [-0.2, 0) is 17.8 Å². The molecule has 1 aliphatic rings. The fraction of sp³-hybridized carbons (Fsp3) is 0.350. The van der Waals surface area contributed by atoms with Gasteiger partial charge in [0.2, 0.25) is 5.91 Å². The van der Waals surface area contributed by atoms with E-state index in [1.807, 2.05) is 0 Å². The van der Waals surface area contributed by atoms with Gasteiger partial charge in [0.15, 0.2) is 11.5 Å². The lowest BCUT2D eigenvalue weighted by Gasteiger charge is -2.23. The summed E-state index contributed by atoms with van der Waals surface area (Å²) >= 11 is 0. The first kappa shape index (κ1) is 19.1. The van der Waals surface area contributed by atoms with E-state index in [-0.39, 0.29) is 35.7 Å². The lowest BCUT2D eigenvalue weighted by atomic mass is 10.1. The van der Waals surface area contributed by atoms with Gasteiger partial charge < -0.3 is 14.4 Å². The fourth-order valence-electron chi connectivity index (χ4n) is 2.89. The molecule has 0 spiro atoms. The summed E-state index contributed by atoms with van der Waals surface area (Å²) in [5.41, 5.74) is 1.50. The maximum absolute atomic E-state index is 13.0. The SMILES string of the molecule is COc1cc(CN(C(=O)Cc2ccc(F)cc2)C2CC2)ccc1OC(F)F. The molecule has 1 amide bonds. The number of hydrogen-bond acceptors (Lipinski definition) is 3. The maximum Gasteiger partial charge on any atom is 0.387 e. The number of hydrogen-bond donors (Lipinski definition) is 0. The number of benzene rings is 2. The summed E-state index contributed by atoms with van der Waals surface area (Å²) in [5.74, 6) is -0.263. The van der Waals surface area contributed by atoms with E-state index in [1.54, 1.807) is 29.2 Å². The van der Waals surface area contributed by atoms with Gasteiger partial charge in [0.1, 0.15) is 5.82 Å². The van der Waals surface area contributed by atoms with Crippen LogP contribution in [-0.4, -0.2) is 30.6 Å². The third-order valence-corrected chi connectivity index (χ3v) is 4.37. The average Bonchev–Trinajstić information content (AvgIpc) is 3.47. The Morgan fingerprint density at radius 1 is 1.11 bits per heavy atom. The number of rotatable bonds is 8. The summed E-state index contributed by atoms with van der Waals surface area (Å²) in [6, 6.07) is 10.7. The van der Waals surface area contributed by atoms with Crippen molar-refractivity contribution >= 4 is 5.91 Å². The van der Waals surface area contributed by atoms with Crippen LogP contribution in [0.3, 0.4) is 0 Å². The van der Waals surface area contributed by atoms with Crippen LogP contribution in [0.2, 0.25) is 0 Å². The normalized spacial score (nSPS) is 13.5. The third-order valence-electron chi connectivity index (χ3n) is 4.37. The summed E-state index contributed by atoms with van der Waals surface area (Å²) in [6.07, 6.45) is 2.04. The molecule has 0 aliphatic heterocycles. The van der Waals surface area contributed by atoms with Gasteiger partial charge in [-0.25, -0.2) is 4.39 Å². The van der Waals surface area contributed by atoms with Gasteiger partial charge in [-0.15, -0.1) is 0 Å². The molecule has 0 aromatic heterocycles. The highest BCUT2D eigenvalue weighted by atomic mass is 19.3. The van der Waals surface area contributed by atoms with Crippen molar-refractivity contribution in [3.63, 3.8) is 0 Å². The molecule has 4 nitrogen and oxygen atoms in total. The highest BCUT2D eigenvalue weighted by Crippen LogP contribution is 2.33. The zero-order chi connectivity index (χ0) is 19.4. The number of halogens is 3. The van der Waals surface area contributed by atoms with Crippen LogP contribution in [0, 0.1) is 5.82 Å². The van der Waals surface area contributed by atoms with Crippen LogP contribution in [0.15, 0.2) is 42.5 Å². The van der Waals surface area contributed by atoms with Crippen molar-refractivity contribution in [1.82, 2.24) is 4.90 Å². The number of ether oxygens (including phenoxy) is 2. The molecule has 0 radical (unpaired) electrons. The molecule has 0 atom stereocenters. The molecule has 3 rings (SSSR count). The number of carbonyl (C=O) groups is 1. The Labute approximate surface area is 155 Å². The van der Waals surface area contributed by atoms with E-state index in [9.17, 15) is 18.0 Å². The lowest BCUT2D eigenvalue weighted by molar-refractivity contribution is -0.131. The first-order valence-corrected chi connectivity index (χ1v) is 8.62. The second-order valence-electron chi connectivity index (χ2n) is 6.42. The number of carbonyl (C=O) groups excluding carboxylic acids is 1. The van der Waals surface area contributed by atoms with Crippen molar-refractivity contribution in [2.75, 3.05) is 7.11 Å². The monoisotopic (exact) mass is 379 g/mol. The van der Waals surface area contributed by atoms with Crippen molar-refractivity contribution < 1.29 is 27.4 Å². The average molecular weight is 379 g/mol. The Morgan fingerprint density at radius 3 is 2.37 bits per heavy atom. The van der Waals surface area contributed by atoms with Crippen molar-refractivity contribution in [1.29, 1.82) is 0 Å². The zero-order valence-electron chi connectivity index (χ0n) is 14.8. The molecular formula is C20H20F3NO3. The summed E-state index contributed by atoms with van der Waals surface area (Å²) < 4.78 is 47.5. The Morgan fingerprint density at radius 2 is 1.78 bits per heavy atom. The minimum absolute atomic E-state index is 0.0492. The van der Waals surface area contributed by atoms with Gasteiger partial charge in [0, 0.05) is 12.6 Å². The molecule has 2 aromatic carbocycles. The van der Waals surface area contributed by atoms with Gasteiger partial charge in [-0.2, -0.15) is 8.78 Å². The predicted molar refractivity (Wildman–Crippen MR) is 93.3 cm³/mol. The number of amides is 1. The molecule has 0 N–H and O–H groups in total. The summed E-state index contributed by atoms with van der Waals surface area (Å²) in [4.78, 5) is 14.5. The molecule has 7 heteroatoms. The van der Waals surface area contributed by atoms with E-state index in [2.05, 4.69) is 4.74 Å². The topological polar surface area (TPSA) is 38.8 Å². The molecule has 144 valence electrons. The number of nitrogens with zero attached hydrogens (tertiary/aromatic N) is 1. The van der Waals surface area contributed by atoms with Crippen molar-refractivity contribution in [2.24, 2.45) is 0 Å². The van der Waals surface area contributed by atoms with Crippen LogP contribution in [0.1, 0.15) is 24.0 Å². The molecule has 2 aromatic rings. The first-order chi connectivity index (χ1) is 13.0. The minimum Gasteiger partial charge on any atom is -0.493 e. The minimum atomic E-state index is -2.94. The van der Waals surface area contributed by atoms with Crippen LogP contribution >= 0.6 is 0 Å². The van der Waals surface area contributed by atoms with Gasteiger partial charge >= 0.3 is 6.61 Å². The van der Waals surface area contributed by atoms with Crippen molar-refractivity contribution in [3.8, 4) is 11.5 Å². The van der Waals surface area contributed by atoms with E-state index in [0.717, 1.165) is 24.0 Å². The van der Waals surface area contributed by atoms with Crippen LogP contribution < -0.4 is 9.47 Å². The van der Waals surface area contributed by atoms with E-state index >= 15 is 0 Å². The molecule has 27 heavy (non-hydrogen) atoms. The molecule has 0 bridgehead atoms. The summed E-state index contributed by atoms with van der Waals surface area (Å²) in [6.45, 7) is -2.60. The van der Waals surface area contributed by atoms with Crippen molar-refractivity contribution in [3.05, 3.63) is 59.4 Å². The molecular weight excluding hydrogens is 359 g/mol. The van der Waals surface area contributed by atoms with E-state index in [0.29, 0.717) is 6.54 Å². The molecule has 0 unspecified atom stereocenters. The quantitative estimate of drug-likeness (QED) is 0.691. The van der Waals surface area contributed by atoms with Gasteiger partial charge in [-0.05, 0) is 48.2 Å². The summed E-state index contributed by atoms with van der Waals surface area (Å²) in [7, 11) is 1.37. The molecule has 0 heterocycles. The Bertz CT molecular complexity index is 792. The standard InChI is InChI=1S/C20H20F3NO3/c1-26-18-10-14(4-9-17(18)27-20(22)23)12-24(16-7-8-16)19(25)11-13-2-5-15(21)6-3-13/h2-6,9-10,16,20H,7-8,11-12H2,1H3. The molecule has 0 saturated heterocycles. The number of methoxy groups -OCH3 is 1. The molecule has 1 fully saturated rings. The van der Waals surface area contributed by atoms with Crippen LogP contribution in [0.25, 0.3) is 0 Å². The Hall–Kier alpha value is -2.70. The molecule has 1 aliphatic carbocycles. The Balaban J connectivity index is 1.72. The third kappa shape index (κ3) is 5.15. The maximum atomic E-state index is 13.0. The van der Waals surface area contributed by atoms with E-state index in [4.69, 9.17) is 4.74 Å². The van der Waals surface area contributed by atoms with Crippen molar-refractivity contribution in [2.45, 2.75) is 38.5 Å². The number of alkyl halides is 2. The smallest absolute Gasteiger partial charge is 0.387 e. The van der Waals surface area contributed by atoms with Crippen LogP contribution in [0.5, 0.6) is 11.5 Å². The molecule has 1 saturated carbocycles. The lowest BCUT2D eigenvalue weighted by Crippen LogP contribution is -2.33. The second-order valence-corrected chi connectivity index (χ2v) is 6.42. The van der Waals surface area contributed by atoms with Gasteiger partial charge in [-0.1, -0.05) is 18.2 Å².